The highest BCUT2D eigenvalue weighted by Crippen LogP contribution is 2.31. The van der Waals surface area contributed by atoms with Crippen LogP contribution in [0.15, 0.2) is 45.1 Å². The maximum atomic E-state index is 11.5. The molecule has 0 aliphatic carbocycles. The molecule has 2 rings (SSSR count). The first-order chi connectivity index (χ1) is 9.91. The van der Waals surface area contributed by atoms with E-state index in [1.165, 1.54) is 11.1 Å². The van der Waals surface area contributed by atoms with Crippen molar-refractivity contribution >= 4 is 37.1 Å². The van der Waals surface area contributed by atoms with Crippen LogP contribution in [0.5, 0.6) is 0 Å². The second-order valence-corrected chi connectivity index (χ2v) is 9.38. The van der Waals surface area contributed by atoms with Crippen LogP contribution in [-0.4, -0.2) is 21.2 Å². The van der Waals surface area contributed by atoms with Gasteiger partial charge in [0.25, 0.3) is 0 Å². The zero-order valence-electron chi connectivity index (χ0n) is 12.0. The van der Waals surface area contributed by atoms with Gasteiger partial charge in [-0.05, 0) is 58.7 Å². The lowest BCUT2D eigenvalue weighted by Gasteiger charge is -2.18. The van der Waals surface area contributed by atoms with E-state index in [1.807, 2.05) is 18.2 Å². The molecule has 0 saturated carbocycles. The fourth-order valence-electron chi connectivity index (χ4n) is 2.06. The molecule has 1 N–H and O–H groups in total. The molecule has 1 aromatic heterocycles. The van der Waals surface area contributed by atoms with Crippen LogP contribution in [-0.2, 0) is 9.84 Å². The molecule has 6 heteroatoms. The minimum atomic E-state index is -3.15. The number of hydrogen-bond acceptors (Lipinski definition) is 4. The van der Waals surface area contributed by atoms with E-state index in [-0.39, 0.29) is 6.04 Å². The Bertz CT molecular complexity index is 693. The van der Waals surface area contributed by atoms with Gasteiger partial charge in [0.2, 0.25) is 0 Å². The molecular formula is C15H18BrNO2S2. The molecule has 21 heavy (non-hydrogen) atoms. The zero-order chi connectivity index (χ0) is 15.5. The predicted molar refractivity (Wildman–Crippen MR) is 91.7 cm³/mol. The van der Waals surface area contributed by atoms with Gasteiger partial charge in [0.05, 0.1) is 14.7 Å². The summed E-state index contributed by atoms with van der Waals surface area (Å²) in [5.74, 6) is 0. The summed E-state index contributed by atoms with van der Waals surface area (Å²) in [4.78, 5) is 1.57. The first-order valence-electron chi connectivity index (χ1n) is 6.70. The maximum absolute atomic E-state index is 11.5. The second kappa shape index (κ2) is 7.05. The number of thiophene rings is 1. The van der Waals surface area contributed by atoms with Crippen LogP contribution in [0.1, 0.15) is 29.8 Å². The van der Waals surface area contributed by atoms with Crippen molar-refractivity contribution in [3.63, 3.8) is 0 Å². The number of sulfone groups is 1. The lowest BCUT2D eigenvalue weighted by Crippen LogP contribution is -2.22. The molecule has 1 atom stereocenters. The molecule has 0 amide bonds. The van der Waals surface area contributed by atoms with Crippen LogP contribution in [0.4, 0.5) is 0 Å². The van der Waals surface area contributed by atoms with E-state index in [1.54, 1.807) is 23.5 Å². The van der Waals surface area contributed by atoms with Crippen molar-refractivity contribution in [1.29, 1.82) is 0 Å². The quantitative estimate of drug-likeness (QED) is 0.814. The third-order valence-corrected chi connectivity index (χ3v) is 5.94. The lowest BCUT2D eigenvalue weighted by molar-refractivity contribution is 0.599. The third kappa shape index (κ3) is 4.39. The SMILES string of the molecule is CCCNC(c1ccc(S(C)(=O)=O)cc1)c1ccc(Br)s1. The van der Waals surface area contributed by atoms with Crippen molar-refractivity contribution in [2.75, 3.05) is 12.8 Å². The minimum Gasteiger partial charge on any atom is -0.306 e. The van der Waals surface area contributed by atoms with Gasteiger partial charge in [0, 0.05) is 11.1 Å². The van der Waals surface area contributed by atoms with Gasteiger partial charge < -0.3 is 5.32 Å². The van der Waals surface area contributed by atoms with Crippen LogP contribution in [0.2, 0.25) is 0 Å². The fraction of sp³-hybridized carbons (Fsp3) is 0.333. The van der Waals surface area contributed by atoms with Crippen LogP contribution < -0.4 is 5.32 Å². The fourth-order valence-corrected chi connectivity index (χ4v) is 4.22. The Balaban J connectivity index is 2.32. The molecule has 1 aromatic carbocycles. The highest BCUT2D eigenvalue weighted by atomic mass is 79.9. The molecule has 3 nitrogen and oxygen atoms in total. The standard InChI is InChI=1S/C15H18BrNO2S2/c1-3-10-17-15(13-8-9-14(16)20-13)11-4-6-12(7-5-11)21(2,18)19/h4-9,15,17H,3,10H2,1-2H3. The average Bonchev–Trinajstić information content (AvgIpc) is 2.85. The number of nitrogens with one attached hydrogen (secondary N) is 1. The van der Waals surface area contributed by atoms with Gasteiger partial charge in [-0.2, -0.15) is 0 Å². The normalized spacial score (nSPS) is 13.3. The Labute approximate surface area is 138 Å². The number of halogens is 1. The summed E-state index contributed by atoms with van der Waals surface area (Å²) in [6, 6.07) is 11.3. The molecular weight excluding hydrogens is 370 g/mol. The van der Waals surface area contributed by atoms with E-state index in [9.17, 15) is 8.42 Å². The molecule has 0 fully saturated rings. The van der Waals surface area contributed by atoms with Gasteiger partial charge in [0.15, 0.2) is 9.84 Å². The topological polar surface area (TPSA) is 46.2 Å². The highest BCUT2D eigenvalue weighted by molar-refractivity contribution is 9.11. The van der Waals surface area contributed by atoms with Crippen LogP contribution in [0.25, 0.3) is 0 Å². The average molecular weight is 388 g/mol. The first kappa shape index (κ1) is 16.7. The van der Waals surface area contributed by atoms with Crippen LogP contribution in [0.3, 0.4) is 0 Å². The first-order valence-corrected chi connectivity index (χ1v) is 10.2. The summed E-state index contributed by atoms with van der Waals surface area (Å²) >= 11 is 5.18. The molecule has 114 valence electrons. The third-order valence-electron chi connectivity index (χ3n) is 3.12. The van der Waals surface area contributed by atoms with Gasteiger partial charge in [-0.3, -0.25) is 0 Å². The molecule has 0 aliphatic heterocycles. The summed E-state index contributed by atoms with van der Waals surface area (Å²) in [6.07, 6.45) is 2.27. The van der Waals surface area contributed by atoms with E-state index in [0.29, 0.717) is 4.90 Å². The predicted octanol–water partition coefficient (Wildman–Crippen LogP) is 4.00. The summed E-state index contributed by atoms with van der Waals surface area (Å²) in [5.41, 5.74) is 1.07. The van der Waals surface area contributed by atoms with Gasteiger partial charge in [-0.25, -0.2) is 8.42 Å². The summed E-state index contributed by atoms with van der Waals surface area (Å²) in [7, 11) is -3.15. The van der Waals surface area contributed by atoms with Crippen molar-refractivity contribution < 1.29 is 8.42 Å². The van der Waals surface area contributed by atoms with Crippen molar-refractivity contribution in [1.82, 2.24) is 5.32 Å². The molecule has 1 heterocycles. The Morgan fingerprint density at radius 2 is 1.86 bits per heavy atom. The Morgan fingerprint density at radius 1 is 1.19 bits per heavy atom. The number of rotatable bonds is 6. The zero-order valence-corrected chi connectivity index (χ0v) is 15.2. The smallest absolute Gasteiger partial charge is 0.175 e. The van der Waals surface area contributed by atoms with Crippen LogP contribution >= 0.6 is 27.3 Å². The minimum absolute atomic E-state index is 0.0925. The lowest BCUT2D eigenvalue weighted by atomic mass is 10.1. The molecule has 0 bridgehead atoms. The van der Waals surface area contributed by atoms with E-state index >= 15 is 0 Å². The molecule has 2 aromatic rings. The van der Waals surface area contributed by atoms with Gasteiger partial charge in [0.1, 0.15) is 0 Å². The van der Waals surface area contributed by atoms with E-state index in [4.69, 9.17) is 0 Å². The van der Waals surface area contributed by atoms with E-state index in [0.717, 1.165) is 22.3 Å². The molecule has 0 saturated heterocycles. The number of hydrogen-bond donors (Lipinski definition) is 1. The molecule has 0 radical (unpaired) electrons. The van der Waals surface area contributed by atoms with E-state index < -0.39 is 9.84 Å². The van der Waals surface area contributed by atoms with Crippen molar-refractivity contribution in [3.05, 3.63) is 50.6 Å². The maximum Gasteiger partial charge on any atom is 0.175 e. The Hall–Kier alpha value is -0.690. The molecule has 1 unspecified atom stereocenters. The van der Waals surface area contributed by atoms with Crippen molar-refractivity contribution in [2.45, 2.75) is 24.3 Å². The van der Waals surface area contributed by atoms with Gasteiger partial charge in [-0.15, -0.1) is 11.3 Å². The van der Waals surface area contributed by atoms with Gasteiger partial charge >= 0.3 is 0 Å². The van der Waals surface area contributed by atoms with Crippen LogP contribution in [0, 0.1) is 0 Å². The highest BCUT2D eigenvalue weighted by Gasteiger charge is 2.16. The van der Waals surface area contributed by atoms with E-state index in [2.05, 4.69) is 34.2 Å². The summed E-state index contributed by atoms with van der Waals surface area (Å²) in [6.45, 7) is 3.04. The molecule has 0 aliphatic rings. The summed E-state index contributed by atoms with van der Waals surface area (Å²) < 4.78 is 24.2. The van der Waals surface area contributed by atoms with Gasteiger partial charge in [-0.1, -0.05) is 19.1 Å². The molecule has 0 spiro atoms. The monoisotopic (exact) mass is 387 g/mol. The summed E-state index contributed by atoms with van der Waals surface area (Å²) in [5, 5.41) is 3.51. The second-order valence-electron chi connectivity index (χ2n) is 4.87. The van der Waals surface area contributed by atoms with Crippen molar-refractivity contribution in [3.8, 4) is 0 Å². The Kier molecular flexibility index (Phi) is 5.60. The van der Waals surface area contributed by atoms with Crippen molar-refractivity contribution in [2.24, 2.45) is 0 Å². The Morgan fingerprint density at radius 3 is 2.33 bits per heavy atom. The number of benzene rings is 1. The largest absolute Gasteiger partial charge is 0.306 e.